The van der Waals surface area contributed by atoms with E-state index < -0.39 is 22.7 Å². The van der Waals surface area contributed by atoms with Crippen LogP contribution in [0.5, 0.6) is 0 Å². The number of halogens is 1. The topological polar surface area (TPSA) is 59.3 Å². The molecular formula is C17H20FNO3. The van der Waals surface area contributed by atoms with Crippen molar-refractivity contribution >= 4 is 5.97 Å². The van der Waals surface area contributed by atoms with Gasteiger partial charge in [-0.05, 0) is 26.3 Å². The lowest BCUT2D eigenvalue weighted by atomic mass is 10.0. The number of hydrogen-bond acceptors (Lipinski definition) is 4. The van der Waals surface area contributed by atoms with Crippen molar-refractivity contribution in [2.45, 2.75) is 45.1 Å². The van der Waals surface area contributed by atoms with Crippen molar-refractivity contribution in [3.8, 4) is 6.07 Å². The highest BCUT2D eigenvalue weighted by molar-refractivity contribution is 5.86. The van der Waals surface area contributed by atoms with E-state index in [0.29, 0.717) is 0 Å². The maximum absolute atomic E-state index is 14.7. The number of esters is 1. The van der Waals surface area contributed by atoms with Gasteiger partial charge >= 0.3 is 5.97 Å². The molecule has 22 heavy (non-hydrogen) atoms. The van der Waals surface area contributed by atoms with Gasteiger partial charge in [0.2, 0.25) is 0 Å². The summed E-state index contributed by atoms with van der Waals surface area (Å²) in [5.41, 5.74) is -3.56. The molecule has 118 valence electrons. The van der Waals surface area contributed by atoms with Gasteiger partial charge in [-0.1, -0.05) is 30.3 Å². The molecule has 4 nitrogen and oxygen atoms in total. The Morgan fingerprint density at radius 1 is 1.36 bits per heavy atom. The predicted molar refractivity (Wildman–Crippen MR) is 78.4 cm³/mol. The second-order valence-corrected chi connectivity index (χ2v) is 6.64. The Morgan fingerprint density at radius 3 is 2.55 bits per heavy atom. The molecule has 2 atom stereocenters. The summed E-state index contributed by atoms with van der Waals surface area (Å²) in [4.78, 5) is 12.1. The summed E-state index contributed by atoms with van der Waals surface area (Å²) in [6, 6.07) is 11.1. The second kappa shape index (κ2) is 5.69. The van der Waals surface area contributed by atoms with E-state index in [0.717, 1.165) is 5.56 Å². The van der Waals surface area contributed by atoms with Crippen molar-refractivity contribution in [2.24, 2.45) is 5.41 Å². The summed E-state index contributed by atoms with van der Waals surface area (Å²) in [6.45, 7) is 5.00. The molecule has 0 unspecified atom stereocenters. The maximum Gasteiger partial charge on any atom is 0.330 e. The molecule has 1 aromatic rings. The number of benzene rings is 1. The average molecular weight is 305 g/mol. The molecule has 0 heterocycles. The molecule has 0 aromatic heterocycles. The Labute approximate surface area is 129 Å². The monoisotopic (exact) mass is 305 g/mol. The van der Waals surface area contributed by atoms with E-state index in [4.69, 9.17) is 9.47 Å². The van der Waals surface area contributed by atoms with Crippen LogP contribution in [0.15, 0.2) is 30.3 Å². The normalized spacial score (nSPS) is 27.0. The summed E-state index contributed by atoms with van der Waals surface area (Å²) in [5.74, 6) is -0.812. The minimum absolute atomic E-state index is 0.180. The number of carbonyl (C=O) groups excluding carboxylic acids is 1. The first-order valence-electron chi connectivity index (χ1n) is 7.18. The van der Waals surface area contributed by atoms with Crippen LogP contribution in [0.2, 0.25) is 0 Å². The Bertz CT molecular complexity index is 590. The number of nitrogens with zero attached hydrogens (tertiary/aromatic N) is 1. The predicted octanol–water partition coefficient (Wildman–Crippen LogP) is 3.17. The molecule has 0 radical (unpaired) electrons. The zero-order valence-corrected chi connectivity index (χ0v) is 13.1. The maximum atomic E-state index is 14.7. The van der Waals surface area contributed by atoms with Crippen molar-refractivity contribution in [3.63, 3.8) is 0 Å². The number of rotatable bonds is 5. The first-order chi connectivity index (χ1) is 10.2. The van der Waals surface area contributed by atoms with Crippen molar-refractivity contribution in [1.29, 1.82) is 5.26 Å². The fraction of sp³-hybridized carbons (Fsp3) is 0.529. The molecule has 0 bridgehead atoms. The Kier molecular flexibility index (Phi) is 4.25. The van der Waals surface area contributed by atoms with Crippen LogP contribution in [0.25, 0.3) is 0 Å². The van der Waals surface area contributed by atoms with Crippen LogP contribution in [0.4, 0.5) is 4.39 Å². The molecule has 0 amide bonds. The van der Waals surface area contributed by atoms with Gasteiger partial charge in [0.15, 0.2) is 11.1 Å². The third-order valence-corrected chi connectivity index (χ3v) is 3.57. The molecule has 0 aliphatic heterocycles. The van der Waals surface area contributed by atoms with Crippen LogP contribution in [0.1, 0.15) is 32.8 Å². The third kappa shape index (κ3) is 3.28. The number of alkyl halides is 1. The smallest absolute Gasteiger partial charge is 0.330 e. The summed E-state index contributed by atoms with van der Waals surface area (Å²) >= 11 is 0. The van der Waals surface area contributed by atoms with E-state index >= 15 is 0 Å². The minimum atomic E-state index is -1.97. The lowest BCUT2D eigenvalue weighted by Crippen LogP contribution is -2.34. The highest BCUT2D eigenvalue weighted by atomic mass is 19.1. The van der Waals surface area contributed by atoms with E-state index in [1.165, 1.54) is 0 Å². The van der Waals surface area contributed by atoms with Gasteiger partial charge in [-0.2, -0.15) is 5.26 Å². The lowest BCUT2D eigenvalue weighted by Gasteiger charge is -2.22. The van der Waals surface area contributed by atoms with Gasteiger partial charge in [-0.3, -0.25) is 4.79 Å². The van der Waals surface area contributed by atoms with E-state index in [9.17, 15) is 14.4 Å². The van der Waals surface area contributed by atoms with Gasteiger partial charge in [-0.25, -0.2) is 4.39 Å². The first kappa shape index (κ1) is 16.4. The van der Waals surface area contributed by atoms with Gasteiger partial charge in [-0.15, -0.1) is 0 Å². The lowest BCUT2D eigenvalue weighted by molar-refractivity contribution is -0.161. The first-order valence-corrected chi connectivity index (χ1v) is 7.18. The molecule has 1 aliphatic carbocycles. The number of carbonyl (C=O) groups is 1. The number of ether oxygens (including phenoxy) is 2. The minimum Gasteiger partial charge on any atom is -0.459 e. The number of nitriles is 1. The van der Waals surface area contributed by atoms with E-state index in [2.05, 4.69) is 0 Å². The number of hydrogen-bond donors (Lipinski definition) is 0. The average Bonchev–Trinajstić information content (AvgIpc) is 3.05. The highest BCUT2D eigenvalue weighted by Crippen LogP contribution is 2.60. The molecule has 1 saturated carbocycles. The standard InChI is InChI=1S/C17H20FNO3/c1-15(2,3)22-14(20)16(11-19)10-17(16,18)12-21-9-13-7-5-4-6-8-13/h4-8H,9-10,12H2,1-3H3/t16-,17+/m0/s1. The van der Waals surface area contributed by atoms with Gasteiger partial charge in [0.25, 0.3) is 0 Å². The van der Waals surface area contributed by atoms with Crippen molar-refractivity contribution in [1.82, 2.24) is 0 Å². The molecule has 2 rings (SSSR count). The van der Waals surface area contributed by atoms with Crippen LogP contribution < -0.4 is 0 Å². The highest BCUT2D eigenvalue weighted by Gasteiger charge is 2.76. The van der Waals surface area contributed by atoms with Gasteiger partial charge < -0.3 is 9.47 Å². The fourth-order valence-electron chi connectivity index (χ4n) is 2.26. The molecule has 1 aromatic carbocycles. The van der Waals surface area contributed by atoms with Crippen LogP contribution in [-0.2, 0) is 20.9 Å². The van der Waals surface area contributed by atoms with E-state index in [1.54, 1.807) is 26.8 Å². The third-order valence-electron chi connectivity index (χ3n) is 3.57. The van der Waals surface area contributed by atoms with Gasteiger partial charge in [0.05, 0.1) is 19.3 Å². The molecule has 5 heteroatoms. The van der Waals surface area contributed by atoms with Crippen molar-refractivity contribution in [2.75, 3.05) is 6.61 Å². The van der Waals surface area contributed by atoms with Crippen LogP contribution in [0, 0.1) is 16.7 Å². The quantitative estimate of drug-likeness (QED) is 0.784. The van der Waals surface area contributed by atoms with Gasteiger partial charge in [0, 0.05) is 6.42 Å². The summed E-state index contributed by atoms with van der Waals surface area (Å²) < 4.78 is 25.2. The van der Waals surface area contributed by atoms with Crippen LogP contribution in [-0.4, -0.2) is 23.8 Å². The molecule has 0 N–H and O–H groups in total. The molecule has 1 aliphatic rings. The zero-order valence-electron chi connectivity index (χ0n) is 13.1. The summed E-state index contributed by atoms with van der Waals surface area (Å²) in [7, 11) is 0. The molecule has 0 saturated heterocycles. The zero-order chi connectivity index (χ0) is 16.4. The summed E-state index contributed by atoms with van der Waals surface area (Å²) in [5, 5.41) is 9.23. The Balaban J connectivity index is 1.94. The van der Waals surface area contributed by atoms with Gasteiger partial charge in [0.1, 0.15) is 5.60 Å². The van der Waals surface area contributed by atoms with E-state index in [-0.39, 0.29) is 19.6 Å². The largest absolute Gasteiger partial charge is 0.459 e. The van der Waals surface area contributed by atoms with Crippen LogP contribution >= 0.6 is 0 Å². The molecule has 1 fully saturated rings. The SMILES string of the molecule is CC(C)(C)OC(=O)[C@@]1(C#N)C[C@@]1(F)COCc1ccccc1. The fourth-order valence-corrected chi connectivity index (χ4v) is 2.26. The molecular weight excluding hydrogens is 285 g/mol. The molecule has 0 spiro atoms. The van der Waals surface area contributed by atoms with E-state index in [1.807, 2.05) is 30.3 Å². The van der Waals surface area contributed by atoms with Crippen molar-refractivity contribution in [3.05, 3.63) is 35.9 Å². The Hall–Kier alpha value is -1.93. The Morgan fingerprint density at radius 2 is 2.00 bits per heavy atom. The second-order valence-electron chi connectivity index (χ2n) is 6.64. The summed E-state index contributed by atoms with van der Waals surface area (Å²) in [6.07, 6.45) is -0.180. The van der Waals surface area contributed by atoms with Crippen LogP contribution in [0.3, 0.4) is 0 Å². The van der Waals surface area contributed by atoms with Crippen molar-refractivity contribution < 1.29 is 18.7 Å².